The molecule has 37 heavy (non-hydrogen) atoms. The Labute approximate surface area is 211 Å². The van der Waals surface area contributed by atoms with E-state index >= 15 is 0 Å². The molecule has 4 aromatic rings. The van der Waals surface area contributed by atoms with Gasteiger partial charge in [0.05, 0.1) is 18.3 Å². The fourth-order valence-electron chi connectivity index (χ4n) is 4.10. The van der Waals surface area contributed by atoms with Gasteiger partial charge in [0.25, 0.3) is 5.56 Å². The fraction of sp³-hybridized carbons (Fsp3) is 0.385. The van der Waals surface area contributed by atoms with E-state index in [0.29, 0.717) is 24.0 Å². The van der Waals surface area contributed by atoms with Crippen molar-refractivity contribution in [3.8, 4) is 5.75 Å². The van der Waals surface area contributed by atoms with Crippen molar-refractivity contribution in [2.45, 2.75) is 58.9 Å². The van der Waals surface area contributed by atoms with E-state index in [0.717, 1.165) is 10.1 Å². The number of hydrogen-bond donors (Lipinski definition) is 1. The predicted molar refractivity (Wildman–Crippen MR) is 134 cm³/mol. The average Bonchev–Trinajstić information content (AvgIpc) is 3.16. The molecule has 3 heterocycles. The van der Waals surface area contributed by atoms with Crippen LogP contribution in [-0.4, -0.2) is 41.0 Å². The number of hydrogen-bond acceptors (Lipinski definition) is 6. The second-order valence-electron chi connectivity index (χ2n) is 9.28. The van der Waals surface area contributed by atoms with Crippen LogP contribution < -0.4 is 16.0 Å². The molecule has 1 atom stereocenters. The number of pyridine rings is 1. The second-order valence-corrected chi connectivity index (χ2v) is 9.28. The number of nitrogens with zero attached hydrogens (tertiary/aromatic N) is 5. The molecule has 0 amide bonds. The van der Waals surface area contributed by atoms with E-state index in [1.54, 1.807) is 29.8 Å². The highest BCUT2D eigenvalue weighted by molar-refractivity contribution is 5.71. The van der Waals surface area contributed by atoms with Crippen molar-refractivity contribution in [2.75, 3.05) is 0 Å². The third-order valence-corrected chi connectivity index (χ3v) is 5.93. The fourth-order valence-corrected chi connectivity index (χ4v) is 4.10. The molecule has 1 N–H and O–H groups in total. The zero-order valence-electron chi connectivity index (χ0n) is 21.1. The highest BCUT2D eigenvalue weighted by atomic mass is 19.3. The van der Waals surface area contributed by atoms with Gasteiger partial charge in [-0.05, 0) is 49.6 Å². The lowest BCUT2D eigenvalue weighted by Crippen LogP contribution is -2.40. The van der Waals surface area contributed by atoms with Crippen LogP contribution >= 0.6 is 0 Å². The first-order valence-corrected chi connectivity index (χ1v) is 11.9. The normalized spacial score (nSPS) is 12.7. The summed E-state index contributed by atoms with van der Waals surface area (Å²) in [6.07, 6.45) is -1.88. The Morgan fingerprint density at radius 2 is 1.92 bits per heavy atom. The molecule has 4 rings (SSSR count). The lowest BCUT2D eigenvalue weighted by atomic mass is 10.1. The number of aliphatic hydroxyl groups excluding tert-OH is 1. The van der Waals surface area contributed by atoms with E-state index in [1.165, 1.54) is 23.7 Å². The summed E-state index contributed by atoms with van der Waals surface area (Å²) in [6.45, 7) is 4.43. The van der Waals surface area contributed by atoms with Crippen LogP contribution in [0.25, 0.3) is 11.2 Å². The summed E-state index contributed by atoms with van der Waals surface area (Å²) in [4.78, 5) is 35.6. The Hall–Kier alpha value is -3.86. The molecule has 0 radical (unpaired) electrons. The molecule has 3 aromatic heterocycles. The van der Waals surface area contributed by atoms with Crippen LogP contribution in [0.1, 0.15) is 42.9 Å². The number of benzene rings is 1. The summed E-state index contributed by atoms with van der Waals surface area (Å²) in [5.41, 5.74) is 1.66. The van der Waals surface area contributed by atoms with Gasteiger partial charge in [-0.2, -0.15) is 8.78 Å². The Kier molecular flexibility index (Phi) is 7.26. The maximum Gasteiger partial charge on any atom is 0.394 e. The molecule has 196 valence electrons. The molecule has 0 fully saturated rings. The summed E-state index contributed by atoms with van der Waals surface area (Å²) >= 11 is 0. The summed E-state index contributed by atoms with van der Waals surface area (Å²) in [7, 11) is 1.53. The van der Waals surface area contributed by atoms with Crippen molar-refractivity contribution in [3.05, 3.63) is 86.1 Å². The molecule has 0 aliphatic carbocycles. The van der Waals surface area contributed by atoms with Gasteiger partial charge in [0.2, 0.25) is 0 Å². The molecule has 0 saturated heterocycles. The molecule has 0 spiro atoms. The van der Waals surface area contributed by atoms with Crippen LogP contribution in [-0.2, 0) is 26.6 Å². The second kappa shape index (κ2) is 10.3. The van der Waals surface area contributed by atoms with Crippen molar-refractivity contribution in [1.82, 2.24) is 23.7 Å². The van der Waals surface area contributed by atoms with Gasteiger partial charge >= 0.3 is 11.8 Å². The van der Waals surface area contributed by atoms with Crippen LogP contribution in [0.5, 0.6) is 5.75 Å². The van der Waals surface area contributed by atoms with Gasteiger partial charge in [-0.1, -0.05) is 18.2 Å². The molecule has 9 nitrogen and oxygen atoms in total. The zero-order chi connectivity index (χ0) is 26.9. The van der Waals surface area contributed by atoms with Crippen LogP contribution in [0.2, 0.25) is 0 Å². The average molecular weight is 514 g/mol. The Bertz CT molecular complexity index is 1530. The van der Waals surface area contributed by atoms with E-state index < -0.39 is 23.5 Å². The largest absolute Gasteiger partial charge is 0.433 e. The summed E-state index contributed by atoms with van der Waals surface area (Å²) < 4.78 is 35.6. The van der Waals surface area contributed by atoms with Crippen LogP contribution in [0.3, 0.4) is 0 Å². The zero-order valence-corrected chi connectivity index (χ0v) is 21.1. The van der Waals surface area contributed by atoms with Crippen molar-refractivity contribution in [2.24, 2.45) is 7.05 Å². The van der Waals surface area contributed by atoms with E-state index in [9.17, 15) is 23.5 Å². The van der Waals surface area contributed by atoms with Crippen LogP contribution in [0.4, 0.5) is 8.78 Å². The number of rotatable bonds is 9. The number of alkyl halides is 2. The quantitative estimate of drug-likeness (QED) is 0.369. The Morgan fingerprint density at radius 3 is 2.57 bits per heavy atom. The minimum absolute atomic E-state index is 0.000686. The highest BCUT2D eigenvalue weighted by Crippen LogP contribution is 2.24. The molecule has 0 bridgehead atoms. The first kappa shape index (κ1) is 26.2. The number of fused-ring (bicyclic) bond motifs is 1. The molecule has 0 aliphatic heterocycles. The molecule has 1 unspecified atom stereocenters. The van der Waals surface area contributed by atoms with Crippen molar-refractivity contribution >= 4 is 11.2 Å². The standard InChI is InChI=1S/C26H29F2N5O4/c1-16-8-9-19(29-14-16)15-33-21(13-18-6-5-7-20(12-18)37-26(3,27)28)30-23-22(33)24(35)32(11-10-17(2)34)25(36)31(23)4/h5-9,12,14,17,34H,10-11,13,15H2,1-4H3. The number of halogens is 2. The summed E-state index contributed by atoms with van der Waals surface area (Å²) in [5, 5.41) is 9.70. The van der Waals surface area contributed by atoms with E-state index in [-0.39, 0.29) is 42.8 Å². The van der Waals surface area contributed by atoms with E-state index in [1.807, 2.05) is 19.1 Å². The van der Waals surface area contributed by atoms with Gasteiger partial charge < -0.3 is 14.4 Å². The lowest BCUT2D eigenvalue weighted by molar-refractivity contribution is -0.158. The third kappa shape index (κ3) is 5.93. The van der Waals surface area contributed by atoms with Crippen molar-refractivity contribution in [1.29, 1.82) is 0 Å². The van der Waals surface area contributed by atoms with Gasteiger partial charge in [-0.15, -0.1) is 0 Å². The number of aliphatic hydroxyl groups is 1. The summed E-state index contributed by atoms with van der Waals surface area (Å²) in [5.74, 6) is 0.457. The van der Waals surface area contributed by atoms with Gasteiger partial charge in [0.1, 0.15) is 11.6 Å². The number of imidazole rings is 1. The lowest BCUT2D eigenvalue weighted by Gasteiger charge is -2.14. The minimum Gasteiger partial charge on any atom is -0.433 e. The molecule has 0 aliphatic rings. The number of ether oxygens (including phenoxy) is 1. The highest BCUT2D eigenvalue weighted by Gasteiger charge is 2.24. The molecular formula is C26H29F2N5O4. The Morgan fingerprint density at radius 1 is 1.16 bits per heavy atom. The van der Waals surface area contributed by atoms with Gasteiger partial charge in [0, 0.05) is 33.1 Å². The molecular weight excluding hydrogens is 484 g/mol. The van der Waals surface area contributed by atoms with Crippen LogP contribution in [0.15, 0.2) is 52.2 Å². The van der Waals surface area contributed by atoms with E-state index in [4.69, 9.17) is 4.74 Å². The minimum atomic E-state index is -3.34. The molecule has 0 saturated carbocycles. The third-order valence-electron chi connectivity index (χ3n) is 5.93. The molecule has 1 aromatic carbocycles. The predicted octanol–water partition coefficient (Wildman–Crippen LogP) is 3.00. The Balaban J connectivity index is 1.87. The van der Waals surface area contributed by atoms with E-state index in [2.05, 4.69) is 9.97 Å². The first-order chi connectivity index (χ1) is 17.4. The van der Waals surface area contributed by atoms with Gasteiger partial charge in [-0.3, -0.25) is 18.9 Å². The van der Waals surface area contributed by atoms with Crippen LogP contribution in [0, 0.1) is 6.92 Å². The number of aryl methyl sites for hydroxylation is 2. The smallest absolute Gasteiger partial charge is 0.394 e. The maximum atomic E-state index is 13.5. The SMILES string of the molecule is Cc1ccc(Cn2c(Cc3cccc(OC(C)(F)F)c3)nc3c2c(=O)n(CCC(C)O)c(=O)n3C)nc1. The monoisotopic (exact) mass is 513 g/mol. The topological polar surface area (TPSA) is 104 Å². The van der Waals surface area contributed by atoms with Crippen molar-refractivity contribution in [3.63, 3.8) is 0 Å². The first-order valence-electron chi connectivity index (χ1n) is 11.9. The number of aromatic nitrogens is 5. The maximum absolute atomic E-state index is 13.5. The van der Waals surface area contributed by atoms with Gasteiger partial charge in [0.15, 0.2) is 11.2 Å². The van der Waals surface area contributed by atoms with Gasteiger partial charge in [-0.25, -0.2) is 9.78 Å². The molecule has 11 heteroatoms. The summed E-state index contributed by atoms with van der Waals surface area (Å²) in [6, 6.07) is 10.0. The van der Waals surface area contributed by atoms with Crippen molar-refractivity contribution < 1.29 is 18.6 Å².